The Bertz CT molecular complexity index is 501. The van der Waals surface area contributed by atoms with Crippen molar-refractivity contribution in [3.05, 3.63) is 45.2 Å². The molecule has 0 bridgehead atoms. The summed E-state index contributed by atoms with van der Waals surface area (Å²) < 4.78 is 0.829. The van der Waals surface area contributed by atoms with E-state index in [1.165, 1.54) is 10.4 Å². The van der Waals surface area contributed by atoms with Gasteiger partial charge in [-0.1, -0.05) is 33.6 Å². The van der Waals surface area contributed by atoms with Crippen LogP contribution >= 0.6 is 38.9 Å². The van der Waals surface area contributed by atoms with E-state index in [4.69, 9.17) is 11.6 Å². The summed E-state index contributed by atoms with van der Waals surface area (Å²) >= 11 is 11.0. The molecule has 0 aliphatic heterocycles. The van der Waals surface area contributed by atoms with Crippen LogP contribution in [0.4, 0.5) is 5.82 Å². The summed E-state index contributed by atoms with van der Waals surface area (Å²) in [5.41, 5.74) is 1.19. The van der Waals surface area contributed by atoms with Crippen LogP contribution in [0.1, 0.15) is 10.4 Å². The van der Waals surface area contributed by atoms with Crippen LogP contribution in [0, 0.1) is 0 Å². The Hall–Kier alpha value is -0.580. The van der Waals surface area contributed by atoms with Gasteiger partial charge in [0.1, 0.15) is 5.82 Å². The molecule has 2 rings (SSSR count). The average molecular weight is 332 g/mol. The predicted molar refractivity (Wildman–Crippen MR) is 78.3 cm³/mol. The molecular formula is C12H12BrClN2S. The molecule has 0 fully saturated rings. The zero-order valence-corrected chi connectivity index (χ0v) is 12.5. The number of rotatable bonds is 4. The highest BCUT2D eigenvalue weighted by molar-refractivity contribution is 9.08. The second-order valence-electron chi connectivity index (χ2n) is 3.68. The quantitative estimate of drug-likeness (QED) is 0.775. The van der Waals surface area contributed by atoms with Crippen molar-refractivity contribution in [1.29, 1.82) is 0 Å². The number of anilines is 1. The Labute approximate surface area is 118 Å². The van der Waals surface area contributed by atoms with Crippen LogP contribution in [0.5, 0.6) is 0 Å². The monoisotopic (exact) mass is 330 g/mol. The highest BCUT2D eigenvalue weighted by atomic mass is 79.9. The zero-order chi connectivity index (χ0) is 12.3. The molecule has 2 nitrogen and oxygen atoms in total. The SMILES string of the molecule is CN(Cc1ccc(Cl)s1)c1ncccc1CBr. The molecule has 2 heterocycles. The van der Waals surface area contributed by atoms with Crippen molar-refractivity contribution >= 4 is 44.7 Å². The summed E-state index contributed by atoms with van der Waals surface area (Å²) in [6, 6.07) is 8.02. The van der Waals surface area contributed by atoms with E-state index in [2.05, 4.69) is 37.9 Å². The first-order valence-corrected chi connectivity index (χ1v) is 7.47. The lowest BCUT2D eigenvalue weighted by Crippen LogP contribution is -2.18. The second-order valence-corrected chi connectivity index (χ2v) is 6.04. The first-order chi connectivity index (χ1) is 8.20. The molecule has 0 unspecified atom stereocenters. The van der Waals surface area contributed by atoms with Gasteiger partial charge in [0.2, 0.25) is 0 Å². The molecule has 0 aliphatic carbocycles. The molecule has 0 spiro atoms. The summed E-state index contributed by atoms with van der Waals surface area (Å²) in [5.74, 6) is 1.01. The number of halogens is 2. The van der Waals surface area contributed by atoms with Crippen molar-refractivity contribution < 1.29 is 0 Å². The van der Waals surface area contributed by atoms with Crippen molar-refractivity contribution in [3.63, 3.8) is 0 Å². The fourth-order valence-corrected chi connectivity index (χ4v) is 3.20. The Morgan fingerprint density at radius 3 is 2.88 bits per heavy atom. The summed E-state index contributed by atoms with van der Waals surface area (Å²) in [5, 5.41) is 0.811. The van der Waals surface area contributed by atoms with Gasteiger partial charge >= 0.3 is 0 Å². The first-order valence-electron chi connectivity index (χ1n) is 5.16. The molecule has 2 aromatic rings. The largest absolute Gasteiger partial charge is 0.354 e. The van der Waals surface area contributed by atoms with E-state index in [0.29, 0.717) is 0 Å². The molecule has 0 aliphatic rings. The Morgan fingerprint density at radius 2 is 2.24 bits per heavy atom. The molecule has 0 atom stereocenters. The van der Waals surface area contributed by atoms with E-state index < -0.39 is 0 Å². The lowest BCUT2D eigenvalue weighted by Gasteiger charge is -2.19. The molecule has 5 heteroatoms. The molecule has 0 N–H and O–H groups in total. The maximum atomic E-state index is 5.93. The maximum absolute atomic E-state index is 5.93. The Balaban J connectivity index is 2.16. The lowest BCUT2D eigenvalue weighted by atomic mass is 10.2. The fourth-order valence-electron chi connectivity index (χ4n) is 1.62. The van der Waals surface area contributed by atoms with E-state index in [1.807, 2.05) is 25.4 Å². The molecular weight excluding hydrogens is 320 g/mol. The third kappa shape index (κ3) is 3.21. The fraction of sp³-hybridized carbons (Fsp3) is 0.250. The average Bonchev–Trinajstić information content (AvgIpc) is 2.74. The van der Waals surface area contributed by atoms with Crippen LogP contribution < -0.4 is 4.90 Å². The zero-order valence-electron chi connectivity index (χ0n) is 9.36. The van der Waals surface area contributed by atoms with Crippen molar-refractivity contribution in [2.45, 2.75) is 11.9 Å². The normalized spacial score (nSPS) is 10.5. The van der Waals surface area contributed by atoms with Gasteiger partial charge in [0.05, 0.1) is 10.9 Å². The van der Waals surface area contributed by atoms with Gasteiger partial charge in [-0.3, -0.25) is 0 Å². The van der Waals surface area contributed by atoms with Crippen molar-refractivity contribution in [3.8, 4) is 0 Å². The predicted octanol–water partition coefficient (Wildman–Crippen LogP) is 4.33. The van der Waals surface area contributed by atoms with Gasteiger partial charge in [-0.2, -0.15) is 0 Å². The number of hydrogen-bond donors (Lipinski definition) is 0. The molecule has 0 aromatic carbocycles. The minimum Gasteiger partial charge on any atom is -0.354 e. The Kier molecular flexibility index (Phi) is 4.42. The van der Waals surface area contributed by atoms with E-state index in [9.17, 15) is 0 Å². The van der Waals surface area contributed by atoms with Crippen LogP contribution in [-0.2, 0) is 11.9 Å². The van der Waals surface area contributed by atoms with Crippen molar-refractivity contribution in [2.75, 3.05) is 11.9 Å². The third-order valence-corrected chi connectivity index (χ3v) is 4.21. The van der Waals surface area contributed by atoms with Gasteiger partial charge in [0, 0.05) is 29.0 Å². The van der Waals surface area contributed by atoms with Crippen LogP contribution in [-0.4, -0.2) is 12.0 Å². The van der Waals surface area contributed by atoms with Gasteiger partial charge < -0.3 is 4.90 Å². The summed E-state index contributed by atoms with van der Waals surface area (Å²) in [4.78, 5) is 7.80. The smallest absolute Gasteiger partial charge is 0.132 e. The molecule has 17 heavy (non-hydrogen) atoms. The first kappa shape index (κ1) is 12.9. The standard InChI is InChI=1S/C12H12BrClN2S/c1-16(8-10-4-5-11(14)17-10)12-9(7-13)3-2-6-15-12/h2-6H,7-8H2,1H3. The summed E-state index contributed by atoms with van der Waals surface area (Å²) in [7, 11) is 2.04. The van der Waals surface area contributed by atoms with Crippen LogP contribution in [0.25, 0.3) is 0 Å². The highest BCUT2D eigenvalue weighted by Crippen LogP contribution is 2.25. The molecule has 0 radical (unpaired) electrons. The van der Waals surface area contributed by atoms with E-state index in [1.54, 1.807) is 11.3 Å². The second kappa shape index (κ2) is 5.85. The lowest BCUT2D eigenvalue weighted by molar-refractivity contribution is 0.903. The number of aromatic nitrogens is 1. The third-order valence-electron chi connectivity index (χ3n) is 2.39. The van der Waals surface area contributed by atoms with Crippen LogP contribution in [0.15, 0.2) is 30.5 Å². The molecule has 2 aromatic heterocycles. The van der Waals surface area contributed by atoms with Crippen LogP contribution in [0.2, 0.25) is 4.34 Å². The molecule has 90 valence electrons. The van der Waals surface area contributed by atoms with Gasteiger partial charge in [-0.25, -0.2) is 4.98 Å². The summed E-state index contributed by atoms with van der Waals surface area (Å²) in [6.45, 7) is 0.828. The number of nitrogens with zero attached hydrogens (tertiary/aromatic N) is 2. The van der Waals surface area contributed by atoms with Crippen molar-refractivity contribution in [1.82, 2.24) is 4.98 Å². The van der Waals surface area contributed by atoms with E-state index in [-0.39, 0.29) is 0 Å². The van der Waals surface area contributed by atoms with Gasteiger partial charge in [0.25, 0.3) is 0 Å². The Morgan fingerprint density at radius 1 is 1.41 bits per heavy atom. The van der Waals surface area contributed by atoms with E-state index in [0.717, 1.165) is 22.0 Å². The maximum Gasteiger partial charge on any atom is 0.132 e. The van der Waals surface area contributed by atoms with Gasteiger partial charge in [-0.15, -0.1) is 11.3 Å². The molecule has 0 amide bonds. The minimum atomic E-state index is 0.811. The van der Waals surface area contributed by atoms with Gasteiger partial charge in [-0.05, 0) is 18.2 Å². The number of thiophene rings is 1. The number of alkyl halides is 1. The minimum absolute atomic E-state index is 0.811. The topological polar surface area (TPSA) is 16.1 Å². The summed E-state index contributed by atoms with van der Waals surface area (Å²) in [6.07, 6.45) is 1.82. The highest BCUT2D eigenvalue weighted by Gasteiger charge is 2.09. The number of hydrogen-bond acceptors (Lipinski definition) is 3. The van der Waals surface area contributed by atoms with Crippen LogP contribution in [0.3, 0.4) is 0 Å². The van der Waals surface area contributed by atoms with Gasteiger partial charge in [0.15, 0.2) is 0 Å². The van der Waals surface area contributed by atoms with E-state index >= 15 is 0 Å². The van der Waals surface area contributed by atoms with Crippen molar-refractivity contribution in [2.24, 2.45) is 0 Å². The molecule has 0 saturated heterocycles. The molecule has 0 saturated carbocycles. The number of pyridine rings is 1.